The Labute approximate surface area is 173 Å². The summed E-state index contributed by atoms with van der Waals surface area (Å²) in [5.41, 5.74) is 0.247. The van der Waals surface area contributed by atoms with Gasteiger partial charge in [0.2, 0.25) is 0 Å². The van der Waals surface area contributed by atoms with E-state index in [0.29, 0.717) is 12.2 Å². The molecule has 1 amide bonds. The van der Waals surface area contributed by atoms with E-state index in [2.05, 4.69) is 12.2 Å². The molecule has 0 unspecified atom stereocenters. The molecule has 0 aromatic heterocycles. The Morgan fingerprint density at radius 1 is 1.07 bits per heavy atom. The van der Waals surface area contributed by atoms with Gasteiger partial charge in [-0.2, -0.15) is 0 Å². The van der Waals surface area contributed by atoms with Crippen LogP contribution in [0.3, 0.4) is 0 Å². The van der Waals surface area contributed by atoms with Gasteiger partial charge in [0.15, 0.2) is 12.7 Å². The number of esters is 1. The molecule has 5 rings (SSSR count). The van der Waals surface area contributed by atoms with Crippen molar-refractivity contribution < 1.29 is 19.1 Å². The largest absolute Gasteiger partial charge is 0.479 e. The Balaban J connectivity index is 1.27. The number of hydrogen-bond donors (Lipinski definition) is 1. The number of benzene rings is 1. The van der Waals surface area contributed by atoms with Gasteiger partial charge in [0.1, 0.15) is 5.75 Å². The van der Waals surface area contributed by atoms with Gasteiger partial charge in [-0.3, -0.25) is 4.79 Å². The Bertz CT molecular complexity index is 696. The second-order valence-electron chi connectivity index (χ2n) is 9.50. The summed E-state index contributed by atoms with van der Waals surface area (Å²) in [4.78, 5) is 24.9. The van der Waals surface area contributed by atoms with Gasteiger partial charge in [-0.1, -0.05) is 25.1 Å². The number of amides is 1. The van der Waals surface area contributed by atoms with Crippen LogP contribution in [0.15, 0.2) is 30.3 Å². The molecule has 4 bridgehead atoms. The van der Waals surface area contributed by atoms with E-state index in [-0.39, 0.29) is 24.0 Å². The van der Waals surface area contributed by atoms with Crippen LogP contribution in [0, 0.1) is 23.2 Å². The lowest BCUT2D eigenvalue weighted by Crippen LogP contribution is -2.56. The average molecular weight is 400 g/mol. The normalized spacial score (nSPS) is 31.7. The van der Waals surface area contributed by atoms with Crippen LogP contribution in [0.2, 0.25) is 0 Å². The van der Waals surface area contributed by atoms with Crippen molar-refractivity contribution in [2.24, 2.45) is 23.2 Å². The van der Waals surface area contributed by atoms with E-state index in [1.807, 2.05) is 25.1 Å². The summed E-state index contributed by atoms with van der Waals surface area (Å²) in [6, 6.07) is 9.33. The highest BCUT2D eigenvalue weighted by molar-refractivity contribution is 5.82. The molecule has 0 heterocycles. The van der Waals surface area contributed by atoms with Gasteiger partial charge in [-0.05, 0) is 87.2 Å². The summed E-state index contributed by atoms with van der Waals surface area (Å²) in [7, 11) is 0. The zero-order chi connectivity index (χ0) is 20.4. The maximum atomic E-state index is 12.5. The first kappa shape index (κ1) is 20.2. The monoisotopic (exact) mass is 399 g/mol. The molecule has 1 aromatic rings. The molecule has 1 N–H and O–H groups in total. The summed E-state index contributed by atoms with van der Waals surface area (Å²) < 4.78 is 11.0. The van der Waals surface area contributed by atoms with Crippen LogP contribution in [-0.4, -0.2) is 30.6 Å². The fourth-order valence-electron chi connectivity index (χ4n) is 6.34. The quantitative estimate of drug-likeness (QED) is 0.668. The molecule has 0 saturated heterocycles. The highest BCUT2D eigenvalue weighted by Crippen LogP contribution is 2.61. The molecule has 0 spiro atoms. The van der Waals surface area contributed by atoms with Gasteiger partial charge in [0.25, 0.3) is 5.91 Å². The fourth-order valence-corrected chi connectivity index (χ4v) is 6.34. The minimum absolute atomic E-state index is 0.129. The van der Waals surface area contributed by atoms with Crippen molar-refractivity contribution in [3.8, 4) is 5.75 Å². The second kappa shape index (κ2) is 8.37. The molecule has 4 aliphatic rings. The Morgan fingerprint density at radius 3 is 2.21 bits per heavy atom. The first-order chi connectivity index (χ1) is 14.0. The van der Waals surface area contributed by atoms with Gasteiger partial charge in [-0.25, -0.2) is 4.79 Å². The van der Waals surface area contributed by atoms with Gasteiger partial charge in [0.05, 0.1) is 0 Å². The Hall–Kier alpha value is -2.04. The van der Waals surface area contributed by atoms with Crippen molar-refractivity contribution in [2.45, 2.75) is 70.9 Å². The molecular weight excluding hydrogens is 366 g/mol. The molecule has 0 aliphatic heterocycles. The van der Waals surface area contributed by atoms with E-state index in [9.17, 15) is 9.59 Å². The molecule has 29 heavy (non-hydrogen) atoms. The lowest BCUT2D eigenvalue weighted by atomic mass is 9.48. The van der Waals surface area contributed by atoms with Crippen LogP contribution in [-0.2, 0) is 14.3 Å². The van der Waals surface area contributed by atoms with Crippen LogP contribution >= 0.6 is 0 Å². The van der Waals surface area contributed by atoms with E-state index in [1.54, 1.807) is 12.1 Å². The molecule has 5 nitrogen and oxygen atoms in total. The molecule has 2 atom stereocenters. The van der Waals surface area contributed by atoms with Crippen molar-refractivity contribution in [2.75, 3.05) is 6.61 Å². The lowest BCUT2D eigenvalue weighted by molar-refractivity contribution is -0.156. The number of ether oxygens (including phenoxy) is 2. The Kier molecular flexibility index (Phi) is 5.84. The summed E-state index contributed by atoms with van der Waals surface area (Å²) in [6.07, 6.45) is 7.66. The van der Waals surface area contributed by atoms with Crippen LogP contribution in [0.4, 0.5) is 0 Å². The van der Waals surface area contributed by atoms with E-state index in [4.69, 9.17) is 9.47 Å². The SMILES string of the molecule is CC[C@H](Oc1ccccc1)C(=O)OCC(=O)N[C@@H](C)C12CC3CC(CC(C3)C1)C2. The smallest absolute Gasteiger partial charge is 0.347 e. The van der Waals surface area contributed by atoms with Gasteiger partial charge < -0.3 is 14.8 Å². The Morgan fingerprint density at radius 2 is 1.66 bits per heavy atom. The maximum absolute atomic E-state index is 12.5. The zero-order valence-electron chi connectivity index (χ0n) is 17.6. The molecule has 158 valence electrons. The van der Waals surface area contributed by atoms with Crippen LogP contribution in [0.25, 0.3) is 0 Å². The minimum atomic E-state index is -0.703. The predicted molar refractivity (Wildman–Crippen MR) is 110 cm³/mol. The summed E-state index contributed by atoms with van der Waals surface area (Å²) in [5.74, 6) is 2.46. The maximum Gasteiger partial charge on any atom is 0.347 e. The summed E-state index contributed by atoms with van der Waals surface area (Å²) in [5, 5.41) is 3.14. The van der Waals surface area contributed by atoms with Gasteiger partial charge in [0, 0.05) is 6.04 Å². The zero-order valence-corrected chi connectivity index (χ0v) is 17.6. The number of para-hydroxylation sites is 1. The third-order valence-electron chi connectivity index (χ3n) is 7.38. The van der Waals surface area contributed by atoms with Crippen molar-refractivity contribution >= 4 is 11.9 Å². The van der Waals surface area contributed by atoms with Crippen LogP contribution < -0.4 is 10.1 Å². The molecule has 4 aliphatic carbocycles. The minimum Gasteiger partial charge on any atom is -0.479 e. The first-order valence-corrected chi connectivity index (χ1v) is 11.1. The number of carbonyl (C=O) groups excluding carboxylic acids is 2. The third kappa shape index (κ3) is 4.44. The van der Waals surface area contributed by atoms with Crippen LogP contribution in [0.1, 0.15) is 58.8 Å². The lowest BCUT2D eigenvalue weighted by Gasteiger charge is -2.59. The predicted octanol–water partition coefficient (Wildman–Crippen LogP) is 4.11. The average Bonchev–Trinajstić information content (AvgIpc) is 2.70. The van der Waals surface area contributed by atoms with E-state index < -0.39 is 12.1 Å². The van der Waals surface area contributed by atoms with Gasteiger partial charge in [-0.15, -0.1) is 0 Å². The molecule has 4 saturated carbocycles. The molecular formula is C24H33NO4. The van der Waals surface area contributed by atoms with Crippen molar-refractivity contribution in [1.82, 2.24) is 5.32 Å². The first-order valence-electron chi connectivity index (χ1n) is 11.1. The molecule has 1 aromatic carbocycles. The van der Waals surface area contributed by atoms with Crippen molar-refractivity contribution in [1.29, 1.82) is 0 Å². The highest BCUT2D eigenvalue weighted by Gasteiger charge is 2.53. The number of hydrogen-bond acceptors (Lipinski definition) is 4. The third-order valence-corrected chi connectivity index (χ3v) is 7.38. The van der Waals surface area contributed by atoms with Crippen LogP contribution in [0.5, 0.6) is 5.75 Å². The summed E-state index contributed by atoms with van der Waals surface area (Å²) >= 11 is 0. The molecule has 0 radical (unpaired) electrons. The van der Waals surface area contributed by atoms with Crippen molar-refractivity contribution in [3.05, 3.63) is 30.3 Å². The van der Waals surface area contributed by atoms with Gasteiger partial charge >= 0.3 is 5.97 Å². The number of carbonyl (C=O) groups is 2. The summed E-state index contributed by atoms with van der Waals surface area (Å²) in [6.45, 7) is 3.76. The topological polar surface area (TPSA) is 64.6 Å². The van der Waals surface area contributed by atoms with E-state index >= 15 is 0 Å². The second-order valence-corrected chi connectivity index (χ2v) is 9.50. The standard InChI is InChI=1S/C24H33NO4/c1-3-21(29-20-7-5-4-6-8-20)23(27)28-15-22(26)25-16(2)24-12-17-9-18(13-24)11-19(10-17)14-24/h4-8,16-19,21H,3,9-15H2,1-2H3,(H,25,26)/t16-,17?,18?,19?,21-,24?/m0/s1. The molecule has 4 fully saturated rings. The highest BCUT2D eigenvalue weighted by atomic mass is 16.6. The van der Waals surface area contributed by atoms with Crippen molar-refractivity contribution in [3.63, 3.8) is 0 Å². The fraction of sp³-hybridized carbons (Fsp3) is 0.667. The van der Waals surface area contributed by atoms with E-state index in [0.717, 1.165) is 17.8 Å². The molecule has 5 heteroatoms. The number of rotatable bonds is 8. The number of nitrogens with one attached hydrogen (secondary N) is 1. The van der Waals surface area contributed by atoms with E-state index in [1.165, 1.54) is 38.5 Å².